The Kier molecular flexibility index (Phi) is 2.84. The molecule has 108 valence electrons. The van der Waals surface area contributed by atoms with Crippen molar-refractivity contribution in [3.63, 3.8) is 0 Å². The van der Waals surface area contributed by atoms with Gasteiger partial charge in [0.15, 0.2) is 0 Å². The Morgan fingerprint density at radius 1 is 1.15 bits per heavy atom. The maximum Gasteiger partial charge on any atom is 0.494 e. The van der Waals surface area contributed by atoms with Gasteiger partial charge >= 0.3 is 7.12 Å². The monoisotopic (exact) mass is 276 g/mol. The highest BCUT2D eigenvalue weighted by Gasteiger charge is 2.51. The maximum atomic E-state index is 6.04. The Hall–Kier alpha value is -1.24. The number of rotatable bonds is 1. The summed E-state index contributed by atoms with van der Waals surface area (Å²) in [6.45, 7) is 8.17. The summed E-state index contributed by atoms with van der Waals surface area (Å²) < 4.78 is 17.7. The summed E-state index contributed by atoms with van der Waals surface area (Å²) in [6, 6.07) is 5.93. The van der Waals surface area contributed by atoms with E-state index in [2.05, 4.69) is 0 Å². The number of benzene rings is 1. The molecular weight excluding hydrogens is 255 g/mol. The van der Waals surface area contributed by atoms with Crippen molar-refractivity contribution in [2.24, 2.45) is 5.73 Å². The highest BCUT2D eigenvalue weighted by Crippen LogP contribution is 2.38. The van der Waals surface area contributed by atoms with Gasteiger partial charge in [-0.3, -0.25) is 5.73 Å². The number of nitrogens with two attached hydrogens (primary N) is 1. The van der Waals surface area contributed by atoms with Gasteiger partial charge in [0.05, 0.1) is 16.9 Å². The Morgan fingerprint density at radius 3 is 2.35 bits per heavy atom. The van der Waals surface area contributed by atoms with E-state index in [-0.39, 0.29) is 18.3 Å². The molecule has 0 spiro atoms. The molecule has 0 amide bonds. The van der Waals surface area contributed by atoms with Crippen LogP contribution < -0.4 is 20.8 Å². The van der Waals surface area contributed by atoms with Crippen LogP contribution in [0.25, 0.3) is 0 Å². The van der Waals surface area contributed by atoms with E-state index >= 15 is 0 Å². The van der Waals surface area contributed by atoms with E-state index in [1.165, 1.54) is 0 Å². The maximum absolute atomic E-state index is 6.04. The molecular formula is C14H21BN2O3. The quantitative estimate of drug-likeness (QED) is 0.777. The second kappa shape index (κ2) is 4.13. The molecule has 3 rings (SSSR count). The first kappa shape index (κ1) is 13.7. The highest BCUT2D eigenvalue weighted by molar-refractivity contribution is 6.62. The lowest BCUT2D eigenvalue weighted by Gasteiger charge is -2.32. The standard InChI is InChI=1S/C14H21BN2O3/c1-13(2)14(3,4)20-15(19-13)9-6-7-10-11(8-9)18-12(16)17(10)5/h6-8,12H,16H2,1-5H3. The van der Waals surface area contributed by atoms with E-state index in [4.69, 9.17) is 19.8 Å². The van der Waals surface area contributed by atoms with Gasteiger partial charge in [-0.15, -0.1) is 0 Å². The van der Waals surface area contributed by atoms with E-state index in [1.807, 2.05) is 57.8 Å². The molecule has 2 N–H and O–H groups in total. The summed E-state index contributed by atoms with van der Waals surface area (Å²) in [7, 11) is 1.53. The second-order valence-electron chi connectivity index (χ2n) is 6.43. The summed E-state index contributed by atoms with van der Waals surface area (Å²) in [5, 5.41) is 0. The Morgan fingerprint density at radius 2 is 1.75 bits per heavy atom. The molecule has 1 fully saturated rings. The van der Waals surface area contributed by atoms with Crippen LogP contribution in [0.15, 0.2) is 18.2 Å². The zero-order chi connectivity index (χ0) is 14.7. The van der Waals surface area contributed by atoms with Crippen molar-refractivity contribution in [1.82, 2.24) is 0 Å². The van der Waals surface area contributed by atoms with Gasteiger partial charge in [0.2, 0.25) is 6.35 Å². The topological polar surface area (TPSA) is 57.0 Å². The Balaban J connectivity index is 1.89. The molecule has 0 aliphatic carbocycles. The van der Waals surface area contributed by atoms with E-state index in [0.29, 0.717) is 0 Å². The van der Waals surface area contributed by atoms with Crippen molar-refractivity contribution < 1.29 is 14.0 Å². The average molecular weight is 276 g/mol. The molecule has 20 heavy (non-hydrogen) atoms. The normalized spacial score (nSPS) is 26.6. The van der Waals surface area contributed by atoms with Crippen molar-refractivity contribution in [2.45, 2.75) is 45.2 Å². The number of hydrogen-bond acceptors (Lipinski definition) is 5. The molecule has 1 saturated heterocycles. The van der Waals surface area contributed by atoms with Gasteiger partial charge < -0.3 is 18.9 Å². The van der Waals surface area contributed by atoms with Crippen LogP contribution in [-0.2, 0) is 9.31 Å². The van der Waals surface area contributed by atoms with Gasteiger partial charge in [0, 0.05) is 7.05 Å². The fourth-order valence-corrected chi connectivity index (χ4v) is 2.39. The lowest BCUT2D eigenvalue weighted by molar-refractivity contribution is 0.00578. The van der Waals surface area contributed by atoms with E-state index < -0.39 is 6.35 Å². The fraction of sp³-hybridized carbons (Fsp3) is 0.571. The van der Waals surface area contributed by atoms with Crippen LogP contribution in [0.5, 0.6) is 5.75 Å². The average Bonchev–Trinajstić information content (AvgIpc) is 2.74. The molecule has 0 radical (unpaired) electrons. The fourth-order valence-electron chi connectivity index (χ4n) is 2.39. The van der Waals surface area contributed by atoms with Gasteiger partial charge in [-0.2, -0.15) is 0 Å². The predicted molar refractivity (Wildman–Crippen MR) is 79.2 cm³/mol. The van der Waals surface area contributed by atoms with E-state index in [1.54, 1.807) is 0 Å². The smallest absolute Gasteiger partial charge is 0.455 e. The minimum atomic E-state index is -0.432. The molecule has 2 heterocycles. The number of hydrogen-bond donors (Lipinski definition) is 1. The third kappa shape index (κ3) is 1.91. The first-order valence-electron chi connectivity index (χ1n) is 6.86. The molecule has 2 aliphatic rings. The lowest BCUT2D eigenvalue weighted by atomic mass is 9.79. The molecule has 0 bridgehead atoms. The van der Waals surface area contributed by atoms with Crippen LogP contribution in [0.4, 0.5) is 5.69 Å². The Bertz CT molecular complexity index is 531. The molecule has 0 aromatic heterocycles. The second-order valence-corrected chi connectivity index (χ2v) is 6.43. The van der Waals surface area contributed by atoms with E-state index in [9.17, 15) is 0 Å². The van der Waals surface area contributed by atoms with Gasteiger partial charge in [0.25, 0.3) is 0 Å². The van der Waals surface area contributed by atoms with Crippen molar-refractivity contribution in [3.05, 3.63) is 18.2 Å². The minimum absolute atomic E-state index is 0.343. The summed E-state index contributed by atoms with van der Waals surface area (Å²) in [5.41, 5.74) is 7.11. The SMILES string of the molecule is CN1c2ccc(B3OC(C)(C)C(C)(C)O3)cc2OC1N. The summed E-state index contributed by atoms with van der Waals surface area (Å²) >= 11 is 0. The van der Waals surface area contributed by atoms with Crippen LogP contribution in [0.2, 0.25) is 0 Å². The largest absolute Gasteiger partial charge is 0.494 e. The molecule has 6 heteroatoms. The van der Waals surface area contributed by atoms with Crippen molar-refractivity contribution in [2.75, 3.05) is 11.9 Å². The summed E-state index contributed by atoms with van der Waals surface area (Å²) in [4.78, 5) is 1.89. The predicted octanol–water partition coefficient (Wildman–Crippen LogP) is 1.06. The summed E-state index contributed by atoms with van der Waals surface area (Å²) in [6.07, 6.45) is -0.432. The molecule has 2 aliphatic heterocycles. The van der Waals surface area contributed by atoms with Crippen LogP contribution in [-0.4, -0.2) is 31.7 Å². The number of anilines is 1. The number of nitrogens with zero attached hydrogens (tertiary/aromatic N) is 1. The zero-order valence-corrected chi connectivity index (χ0v) is 12.6. The molecule has 0 saturated carbocycles. The zero-order valence-electron chi connectivity index (χ0n) is 12.6. The highest BCUT2D eigenvalue weighted by atomic mass is 16.7. The van der Waals surface area contributed by atoms with Crippen LogP contribution in [0.3, 0.4) is 0 Å². The van der Waals surface area contributed by atoms with Crippen molar-refractivity contribution in [1.29, 1.82) is 0 Å². The van der Waals surface area contributed by atoms with Gasteiger partial charge in [-0.1, -0.05) is 6.07 Å². The molecule has 5 nitrogen and oxygen atoms in total. The van der Waals surface area contributed by atoms with Crippen molar-refractivity contribution >= 4 is 18.3 Å². The third-order valence-corrected chi connectivity index (χ3v) is 4.52. The third-order valence-electron chi connectivity index (χ3n) is 4.52. The van der Waals surface area contributed by atoms with Crippen LogP contribution >= 0.6 is 0 Å². The molecule has 1 atom stereocenters. The van der Waals surface area contributed by atoms with E-state index in [0.717, 1.165) is 16.9 Å². The first-order chi connectivity index (χ1) is 9.21. The van der Waals surface area contributed by atoms with Crippen LogP contribution in [0, 0.1) is 0 Å². The molecule has 1 aromatic rings. The molecule has 1 unspecified atom stereocenters. The molecule has 1 aromatic carbocycles. The number of ether oxygens (including phenoxy) is 1. The Labute approximate surface area is 120 Å². The first-order valence-corrected chi connectivity index (χ1v) is 6.86. The summed E-state index contributed by atoms with van der Waals surface area (Å²) in [5.74, 6) is 0.771. The number of fused-ring (bicyclic) bond motifs is 1. The van der Waals surface area contributed by atoms with Crippen molar-refractivity contribution in [3.8, 4) is 5.75 Å². The van der Waals surface area contributed by atoms with Gasteiger partial charge in [-0.25, -0.2) is 0 Å². The van der Waals surface area contributed by atoms with Crippen LogP contribution in [0.1, 0.15) is 27.7 Å². The minimum Gasteiger partial charge on any atom is -0.455 e. The van der Waals surface area contributed by atoms with Gasteiger partial charge in [0.1, 0.15) is 5.75 Å². The lowest BCUT2D eigenvalue weighted by Crippen LogP contribution is -2.41. The van der Waals surface area contributed by atoms with Gasteiger partial charge in [-0.05, 0) is 45.3 Å².